The van der Waals surface area contributed by atoms with Gasteiger partial charge in [-0.2, -0.15) is 4.31 Å². The molecule has 1 aromatic rings. The normalized spacial score (nSPS) is 21.5. The van der Waals surface area contributed by atoms with Crippen molar-refractivity contribution in [2.75, 3.05) is 38.0 Å². The van der Waals surface area contributed by atoms with Crippen LogP contribution in [0.1, 0.15) is 52.9 Å². The molecule has 30 heavy (non-hydrogen) atoms. The Balaban J connectivity index is 1.79. The Morgan fingerprint density at radius 2 is 1.90 bits per heavy atom. The van der Waals surface area contributed by atoms with Crippen molar-refractivity contribution >= 4 is 21.6 Å². The summed E-state index contributed by atoms with van der Waals surface area (Å²) in [6, 6.07) is 4.76. The quantitative estimate of drug-likeness (QED) is 0.708. The topological polar surface area (TPSA) is 79.0 Å². The maximum atomic E-state index is 13.1. The molecule has 1 aromatic carbocycles. The van der Waals surface area contributed by atoms with E-state index in [-0.39, 0.29) is 16.9 Å². The molecule has 2 saturated heterocycles. The maximum absolute atomic E-state index is 13.1. The van der Waals surface area contributed by atoms with E-state index < -0.39 is 10.0 Å². The summed E-state index contributed by atoms with van der Waals surface area (Å²) >= 11 is 0. The van der Waals surface area contributed by atoms with E-state index in [9.17, 15) is 13.2 Å². The number of carbonyl (C=O) groups excluding carboxylic acids is 1. The van der Waals surface area contributed by atoms with Crippen LogP contribution < -0.4 is 10.1 Å². The van der Waals surface area contributed by atoms with Gasteiger partial charge in [0, 0.05) is 19.6 Å². The Kier molecular flexibility index (Phi) is 7.76. The highest BCUT2D eigenvalue weighted by Gasteiger charge is 2.27. The van der Waals surface area contributed by atoms with E-state index in [2.05, 4.69) is 17.1 Å². The first-order valence-electron chi connectivity index (χ1n) is 11.1. The molecule has 1 N–H and O–H groups in total. The molecular weight excluding hydrogens is 402 g/mol. The number of benzene rings is 1. The number of carbonyl (C=O) groups is 1. The summed E-state index contributed by atoms with van der Waals surface area (Å²) in [4.78, 5) is 15.1. The van der Waals surface area contributed by atoms with Crippen molar-refractivity contribution in [3.8, 4) is 5.75 Å². The molecule has 2 fully saturated rings. The zero-order chi connectivity index (χ0) is 21.7. The zero-order valence-corrected chi connectivity index (χ0v) is 19.2. The lowest BCUT2D eigenvalue weighted by atomic mass is 10.0. The van der Waals surface area contributed by atoms with Crippen LogP contribution in [0.5, 0.6) is 5.75 Å². The van der Waals surface area contributed by atoms with Crippen molar-refractivity contribution in [3.05, 3.63) is 18.2 Å². The standard InChI is InChI=1S/C22H35N3O4S/c1-17(2)29-21-10-9-19(30(27,28)25-12-5-4-6-13-25)14-20(21)23-22(26)16-24-11-7-8-18(3)15-24/h9-10,14,17-18H,4-8,11-13,15-16H2,1-3H3,(H,23,26). The molecule has 1 amide bonds. The molecule has 0 saturated carbocycles. The summed E-state index contributed by atoms with van der Waals surface area (Å²) in [5.41, 5.74) is 0.414. The monoisotopic (exact) mass is 437 g/mol. The number of likely N-dealkylation sites (tertiary alicyclic amines) is 1. The van der Waals surface area contributed by atoms with Crippen LogP contribution in [0.25, 0.3) is 0 Å². The number of amides is 1. The molecule has 0 bridgehead atoms. The van der Waals surface area contributed by atoms with Crippen molar-refractivity contribution in [2.24, 2.45) is 5.92 Å². The molecule has 7 nitrogen and oxygen atoms in total. The van der Waals surface area contributed by atoms with Gasteiger partial charge < -0.3 is 10.1 Å². The van der Waals surface area contributed by atoms with Gasteiger partial charge in [0.15, 0.2) is 0 Å². The third-order valence-electron chi connectivity index (χ3n) is 5.65. The first-order chi connectivity index (χ1) is 14.3. The fourth-order valence-corrected chi connectivity index (χ4v) is 5.75. The zero-order valence-electron chi connectivity index (χ0n) is 18.4. The van der Waals surface area contributed by atoms with E-state index >= 15 is 0 Å². The Morgan fingerprint density at radius 3 is 2.57 bits per heavy atom. The highest BCUT2D eigenvalue weighted by molar-refractivity contribution is 7.89. The Morgan fingerprint density at radius 1 is 1.17 bits per heavy atom. The SMILES string of the molecule is CC1CCCN(CC(=O)Nc2cc(S(=O)(=O)N3CCCCC3)ccc2OC(C)C)C1. The third kappa shape index (κ3) is 5.95. The minimum atomic E-state index is -3.58. The van der Waals surface area contributed by atoms with E-state index in [1.165, 1.54) is 10.7 Å². The molecular formula is C22H35N3O4S. The van der Waals surface area contributed by atoms with Gasteiger partial charge in [0.25, 0.3) is 0 Å². The number of rotatable bonds is 7. The van der Waals surface area contributed by atoms with Gasteiger partial charge >= 0.3 is 0 Å². The predicted octanol–water partition coefficient (Wildman–Crippen LogP) is 3.32. The summed E-state index contributed by atoms with van der Waals surface area (Å²) in [5, 5.41) is 2.90. The lowest BCUT2D eigenvalue weighted by Gasteiger charge is -2.30. The van der Waals surface area contributed by atoms with Crippen molar-refractivity contribution < 1.29 is 17.9 Å². The largest absolute Gasteiger partial charge is 0.489 e. The average Bonchev–Trinajstić information content (AvgIpc) is 2.69. The Hall–Kier alpha value is -1.64. The fraction of sp³-hybridized carbons (Fsp3) is 0.682. The van der Waals surface area contributed by atoms with Gasteiger partial charge in [-0.15, -0.1) is 0 Å². The molecule has 2 heterocycles. The molecule has 2 aliphatic heterocycles. The minimum absolute atomic E-state index is 0.0897. The van der Waals surface area contributed by atoms with Gasteiger partial charge in [-0.3, -0.25) is 9.69 Å². The number of hydrogen-bond donors (Lipinski definition) is 1. The van der Waals surface area contributed by atoms with E-state index in [1.54, 1.807) is 18.2 Å². The van der Waals surface area contributed by atoms with Gasteiger partial charge in [-0.1, -0.05) is 13.3 Å². The number of ether oxygens (including phenoxy) is 1. The van der Waals surface area contributed by atoms with E-state index in [0.717, 1.165) is 38.8 Å². The van der Waals surface area contributed by atoms with Crippen molar-refractivity contribution in [1.29, 1.82) is 0 Å². The average molecular weight is 438 g/mol. The first kappa shape index (κ1) is 23.0. The van der Waals surface area contributed by atoms with Gasteiger partial charge in [0.2, 0.25) is 15.9 Å². The van der Waals surface area contributed by atoms with E-state index in [1.807, 2.05) is 13.8 Å². The number of hydrogen-bond acceptors (Lipinski definition) is 5. The van der Waals surface area contributed by atoms with Crippen LogP contribution >= 0.6 is 0 Å². The lowest BCUT2D eigenvalue weighted by Crippen LogP contribution is -2.39. The number of anilines is 1. The van der Waals surface area contributed by atoms with Crippen LogP contribution in [-0.2, 0) is 14.8 Å². The number of nitrogens with one attached hydrogen (secondary N) is 1. The molecule has 0 spiro atoms. The molecule has 0 aromatic heterocycles. The minimum Gasteiger partial charge on any atom is -0.489 e. The molecule has 8 heteroatoms. The predicted molar refractivity (Wildman–Crippen MR) is 118 cm³/mol. The van der Waals surface area contributed by atoms with Crippen LogP contribution in [0, 0.1) is 5.92 Å². The van der Waals surface area contributed by atoms with Crippen LogP contribution in [0.3, 0.4) is 0 Å². The lowest BCUT2D eigenvalue weighted by molar-refractivity contribution is -0.117. The van der Waals surface area contributed by atoms with Crippen LogP contribution in [0.4, 0.5) is 5.69 Å². The highest BCUT2D eigenvalue weighted by Crippen LogP contribution is 2.31. The fourth-order valence-electron chi connectivity index (χ4n) is 4.20. The van der Waals surface area contributed by atoms with E-state index in [0.29, 0.717) is 37.0 Å². The summed E-state index contributed by atoms with van der Waals surface area (Å²) < 4.78 is 33.5. The van der Waals surface area contributed by atoms with Crippen molar-refractivity contribution in [3.63, 3.8) is 0 Å². The summed E-state index contributed by atoms with van der Waals surface area (Å²) in [5.74, 6) is 0.928. The molecule has 168 valence electrons. The highest BCUT2D eigenvalue weighted by atomic mass is 32.2. The molecule has 3 rings (SSSR count). The van der Waals surface area contributed by atoms with Gasteiger partial charge in [0.05, 0.1) is 23.2 Å². The second-order valence-electron chi connectivity index (χ2n) is 8.82. The summed E-state index contributed by atoms with van der Waals surface area (Å²) in [7, 11) is -3.58. The Labute approximate surface area is 180 Å². The molecule has 2 aliphatic rings. The molecule has 1 atom stereocenters. The van der Waals surface area contributed by atoms with Crippen LogP contribution in [0.2, 0.25) is 0 Å². The number of nitrogens with zero attached hydrogens (tertiary/aromatic N) is 2. The summed E-state index contributed by atoms with van der Waals surface area (Å²) in [6.07, 6.45) is 5.02. The first-order valence-corrected chi connectivity index (χ1v) is 12.5. The third-order valence-corrected chi connectivity index (χ3v) is 7.54. The van der Waals surface area contributed by atoms with Crippen LogP contribution in [0.15, 0.2) is 23.1 Å². The number of piperidine rings is 2. The molecule has 0 aliphatic carbocycles. The smallest absolute Gasteiger partial charge is 0.243 e. The second-order valence-corrected chi connectivity index (χ2v) is 10.8. The van der Waals surface area contributed by atoms with E-state index in [4.69, 9.17) is 4.74 Å². The van der Waals surface area contributed by atoms with Crippen LogP contribution in [-0.4, -0.2) is 62.4 Å². The van der Waals surface area contributed by atoms with Gasteiger partial charge in [0.1, 0.15) is 5.75 Å². The van der Waals surface area contributed by atoms with Crippen molar-refractivity contribution in [2.45, 2.75) is 63.9 Å². The maximum Gasteiger partial charge on any atom is 0.243 e. The Bertz CT molecular complexity index is 835. The van der Waals surface area contributed by atoms with Gasteiger partial charge in [-0.25, -0.2) is 8.42 Å². The van der Waals surface area contributed by atoms with Gasteiger partial charge in [-0.05, 0) is 70.2 Å². The van der Waals surface area contributed by atoms with Crippen molar-refractivity contribution in [1.82, 2.24) is 9.21 Å². The number of sulfonamides is 1. The molecule has 1 unspecified atom stereocenters. The molecule has 0 radical (unpaired) electrons. The summed E-state index contributed by atoms with van der Waals surface area (Å²) in [6.45, 7) is 9.21. The second kappa shape index (κ2) is 10.1.